The lowest BCUT2D eigenvalue weighted by atomic mass is 9.92. The Hall–Kier alpha value is -3.75. The average molecular weight is 467 g/mol. The van der Waals surface area contributed by atoms with Crippen molar-refractivity contribution >= 4 is 23.8 Å². The predicted molar refractivity (Wildman–Crippen MR) is 122 cm³/mol. The van der Waals surface area contributed by atoms with Crippen molar-refractivity contribution in [3.8, 4) is 0 Å². The number of benzene rings is 2. The molecule has 2 aliphatic rings. The van der Waals surface area contributed by atoms with Gasteiger partial charge in [-0.05, 0) is 61.6 Å². The lowest BCUT2D eigenvalue weighted by Gasteiger charge is -2.26. The van der Waals surface area contributed by atoms with Crippen LogP contribution in [0.25, 0.3) is 0 Å². The number of piperidine rings is 1. The monoisotopic (exact) mass is 466 g/mol. The summed E-state index contributed by atoms with van der Waals surface area (Å²) in [5, 5.41) is 5.29. The first-order valence-electron chi connectivity index (χ1n) is 11.3. The fourth-order valence-electron chi connectivity index (χ4n) is 4.31. The van der Waals surface area contributed by atoms with E-state index in [1.165, 1.54) is 31.2 Å². The highest BCUT2D eigenvalue weighted by molar-refractivity contribution is 6.09. The maximum absolute atomic E-state index is 13.3. The molecular formula is C25H27FN4O4. The van der Waals surface area contributed by atoms with E-state index in [1.54, 1.807) is 24.3 Å². The van der Waals surface area contributed by atoms with Gasteiger partial charge in [0.1, 0.15) is 17.9 Å². The summed E-state index contributed by atoms with van der Waals surface area (Å²) in [7, 11) is 0. The van der Waals surface area contributed by atoms with Crippen LogP contribution in [0.5, 0.6) is 0 Å². The van der Waals surface area contributed by atoms with E-state index < -0.39 is 35.7 Å². The SMILES string of the molecule is CC1(c2ccc(F)cc2)NC(=O)N(CC(=O)NCc2cccc(C(=O)N3CCCCC3)c2)C1=O. The summed E-state index contributed by atoms with van der Waals surface area (Å²) in [6.07, 6.45) is 3.14. The molecule has 0 aliphatic carbocycles. The van der Waals surface area contributed by atoms with Crippen LogP contribution >= 0.6 is 0 Å². The first-order valence-corrected chi connectivity index (χ1v) is 11.3. The highest BCUT2D eigenvalue weighted by atomic mass is 19.1. The van der Waals surface area contributed by atoms with Crippen LogP contribution in [-0.2, 0) is 21.7 Å². The summed E-state index contributed by atoms with van der Waals surface area (Å²) in [5.41, 5.74) is 0.349. The number of rotatable bonds is 6. The van der Waals surface area contributed by atoms with E-state index in [0.717, 1.165) is 42.8 Å². The largest absolute Gasteiger partial charge is 0.350 e. The molecule has 1 atom stereocenters. The van der Waals surface area contributed by atoms with Crippen molar-refractivity contribution in [2.45, 2.75) is 38.3 Å². The summed E-state index contributed by atoms with van der Waals surface area (Å²) in [4.78, 5) is 53.3. The highest BCUT2D eigenvalue weighted by Crippen LogP contribution is 2.28. The van der Waals surface area contributed by atoms with Gasteiger partial charge in [-0.3, -0.25) is 19.3 Å². The van der Waals surface area contributed by atoms with Gasteiger partial charge in [0, 0.05) is 25.2 Å². The van der Waals surface area contributed by atoms with E-state index >= 15 is 0 Å². The van der Waals surface area contributed by atoms with Gasteiger partial charge in [-0.25, -0.2) is 9.18 Å². The number of halogens is 1. The fourth-order valence-corrected chi connectivity index (χ4v) is 4.31. The average Bonchev–Trinajstić information content (AvgIpc) is 3.07. The molecule has 0 radical (unpaired) electrons. The van der Waals surface area contributed by atoms with Crippen LogP contribution < -0.4 is 10.6 Å². The molecule has 0 aromatic heterocycles. The zero-order valence-electron chi connectivity index (χ0n) is 19.0. The quantitative estimate of drug-likeness (QED) is 0.639. The summed E-state index contributed by atoms with van der Waals surface area (Å²) in [6.45, 7) is 2.72. The van der Waals surface area contributed by atoms with E-state index in [9.17, 15) is 23.6 Å². The molecule has 2 saturated heterocycles. The topological polar surface area (TPSA) is 98.8 Å². The van der Waals surface area contributed by atoms with Crippen LogP contribution in [0.15, 0.2) is 48.5 Å². The number of nitrogens with one attached hydrogen (secondary N) is 2. The van der Waals surface area contributed by atoms with Crippen molar-refractivity contribution in [3.63, 3.8) is 0 Å². The normalized spacial score (nSPS) is 20.3. The summed E-state index contributed by atoms with van der Waals surface area (Å²) >= 11 is 0. The van der Waals surface area contributed by atoms with E-state index in [0.29, 0.717) is 11.1 Å². The number of carbonyl (C=O) groups is 4. The molecule has 9 heteroatoms. The lowest BCUT2D eigenvalue weighted by molar-refractivity contribution is -0.134. The van der Waals surface area contributed by atoms with Gasteiger partial charge in [-0.2, -0.15) is 0 Å². The van der Waals surface area contributed by atoms with Crippen molar-refractivity contribution < 1.29 is 23.6 Å². The summed E-state index contributed by atoms with van der Waals surface area (Å²) < 4.78 is 13.3. The van der Waals surface area contributed by atoms with Crippen LogP contribution in [0.2, 0.25) is 0 Å². The van der Waals surface area contributed by atoms with Gasteiger partial charge in [0.25, 0.3) is 11.8 Å². The second-order valence-corrected chi connectivity index (χ2v) is 8.78. The second-order valence-electron chi connectivity index (χ2n) is 8.78. The Morgan fingerprint density at radius 2 is 1.76 bits per heavy atom. The van der Waals surface area contributed by atoms with E-state index in [4.69, 9.17) is 0 Å². The molecule has 34 heavy (non-hydrogen) atoms. The molecule has 5 amide bonds. The molecule has 0 spiro atoms. The Morgan fingerprint density at radius 1 is 1.06 bits per heavy atom. The van der Waals surface area contributed by atoms with E-state index in [-0.39, 0.29) is 12.5 Å². The molecule has 1 unspecified atom stereocenters. The van der Waals surface area contributed by atoms with E-state index in [2.05, 4.69) is 10.6 Å². The third-order valence-corrected chi connectivity index (χ3v) is 6.31. The molecule has 2 N–H and O–H groups in total. The van der Waals surface area contributed by atoms with Gasteiger partial charge < -0.3 is 15.5 Å². The van der Waals surface area contributed by atoms with Crippen LogP contribution in [0.4, 0.5) is 9.18 Å². The Kier molecular flexibility index (Phi) is 6.63. The van der Waals surface area contributed by atoms with Crippen LogP contribution in [0.1, 0.15) is 47.7 Å². The molecule has 4 rings (SSSR count). The number of imide groups is 1. The van der Waals surface area contributed by atoms with Crippen LogP contribution in [0.3, 0.4) is 0 Å². The summed E-state index contributed by atoms with van der Waals surface area (Å²) in [6, 6.07) is 11.6. The number of urea groups is 1. The molecule has 0 bridgehead atoms. The Balaban J connectivity index is 1.36. The van der Waals surface area contributed by atoms with Gasteiger partial charge in [-0.1, -0.05) is 24.3 Å². The highest BCUT2D eigenvalue weighted by Gasteiger charge is 2.49. The minimum atomic E-state index is -1.38. The van der Waals surface area contributed by atoms with Gasteiger partial charge in [0.05, 0.1) is 0 Å². The predicted octanol–water partition coefficient (Wildman–Crippen LogP) is 2.54. The maximum atomic E-state index is 13.3. The third kappa shape index (κ3) is 4.78. The molecule has 2 aromatic carbocycles. The fraction of sp³-hybridized carbons (Fsp3) is 0.360. The molecule has 178 valence electrons. The molecule has 0 saturated carbocycles. The van der Waals surface area contributed by atoms with Crippen molar-refractivity contribution in [1.29, 1.82) is 0 Å². The van der Waals surface area contributed by atoms with Crippen molar-refractivity contribution in [1.82, 2.24) is 20.4 Å². The molecular weight excluding hydrogens is 439 g/mol. The minimum Gasteiger partial charge on any atom is -0.350 e. The maximum Gasteiger partial charge on any atom is 0.325 e. The standard InChI is InChI=1S/C25H27FN4O4/c1-25(19-8-10-20(26)11-9-19)23(33)30(24(34)28-25)16-21(31)27-15-17-6-5-7-18(14-17)22(32)29-12-3-2-4-13-29/h5-11,14H,2-4,12-13,15-16H2,1H3,(H,27,31)(H,28,34). The van der Waals surface area contributed by atoms with Gasteiger partial charge in [0.2, 0.25) is 5.91 Å². The zero-order valence-corrected chi connectivity index (χ0v) is 19.0. The smallest absolute Gasteiger partial charge is 0.325 e. The first-order chi connectivity index (χ1) is 16.3. The number of hydrogen-bond donors (Lipinski definition) is 2. The lowest BCUT2D eigenvalue weighted by Crippen LogP contribution is -2.43. The summed E-state index contributed by atoms with van der Waals surface area (Å²) in [5.74, 6) is -1.58. The zero-order chi connectivity index (χ0) is 24.3. The Labute approximate surface area is 197 Å². The van der Waals surface area contributed by atoms with Crippen LogP contribution in [-0.4, -0.2) is 53.2 Å². The van der Waals surface area contributed by atoms with Gasteiger partial charge >= 0.3 is 6.03 Å². The van der Waals surface area contributed by atoms with E-state index in [1.807, 2.05) is 4.90 Å². The molecule has 2 fully saturated rings. The molecule has 2 aliphatic heterocycles. The van der Waals surface area contributed by atoms with Crippen molar-refractivity contribution in [2.24, 2.45) is 0 Å². The number of nitrogens with zero attached hydrogens (tertiary/aromatic N) is 2. The van der Waals surface area contributed by atoms with Crippen molar-refractivity contribution in [3.05, 3.63) is 71.0 Å². The minimum absolute atomic E-state index is 0.0210. The Bertz CT molecular complexity index is 1110. The number of amides is 5. The van der Waals surface area contributed by atoms with Gasteiger partial charge in [-0.15, -0.1) is 0 Å². The third-order valence-electron chi connectivity index (χ3n) is 6.31. The number of likely N-dealkylation sites (tertiary alicyclic amines) is 1. The van der Waals surface area contributed by atoms with Gasteiger partial charge in [0.15, 0.2) is 0 Å². The van der Waals surface area contributed by atoms with Crippen LogP contribution in [0, 0.1) is 5.82 Å². The molecule has 2 aromatic rings. The first kappa shape index (κ1) is 23.4. The van der Waals surface area contributed by atoms with Crippen molar-refractivity contribution in [2.75, 3.05) is 19.6 Å². The molecule has 8 nitrogen and oxygen atoms in total. The molecule has 2 heterocycles. The Morgan fingerprint density at radius 3 is 2.47 bits per heavy atom. The number of hydrogen-bond acceptors (Lipinski definition) is 4. The second kappa shape index (κ2) is 9.62. The number of carbonyl (C=O) groups excluding carboxylic acids is 4.